The largest absolute Gasteiger partial charge is 0.339 e. The Kier molecular flexibility index (Phi) is 5.60. The third kappa shape index (κ3) is 3.66. The van der Waals surface area contributed by atoms with Crippen molar-refractivity contribution in [2.75, 3.05) is 19.6 Å². The number of nitrogens with one attached hydrogen (secondary N) is 1. The summed E-state index contributed by atoms with van der Waals surface area (Å²) in [4.78, 5) is 15.5. The fourth-order valence-electron chi connectivity index (χ4n) is 4.47. The van der Waals surface area contributed by atoms with Crippen LogP contribution in [0.5, 0.6) is 0 Å². The molecule has 1 aliphatic heterocycles. The van der Waals surface area contributed by atoms with E-state index in [-0.39, 0.29) is 5.92 Å². The van der Waals surface area contributed by atoms with Gasteiger partial charge in [-0.3, -0.25) is 4.79 Å². The summed E-state index contributed by atoms with van der Waals surface area (Å²) in [6, 6.07) is 11.0. The fraction of sp³-hybridized carbons (Fsp3) is 0.667. The normalized spacial score (nSPS) is 21.9. The first kappa shape index (κ1) is 17.5. The maximum Gasteiger partial charge on any atom is 0.226 e. The highest BCUT2D eigenvalue weighted by molar-refractivity contribution is 5.83. The summed E-state index contributed by atoms with van der Waals surface area (Å²) in [5, 5.41) is 3.44. The summed E-state index contributed by atoms with van der Waals surface area (Å²) in [6.07, 6.45) is 6.55. The maximum atomic E-state index is 13.3. The molecular formula is C21H32N2O. The second-order valence-corrected chi connectivity index (χ2v) is 7.61. The zero-order valence-electron chi connectivity index (χ0n) is 15.3. The van der Waals surface area contributed by atoms with Crippen LogP contribution in [0.2, 0.25) is 0 Å². The van der Waals surface area contributed by atoms with Gasteiger partial charge in [-0.15, -0.1) is 0 Å². The lowest BCUT2D eigenvalue weighted by molar-refractivity contribution is -0.136. The molecule has 2 fully saturated rings. The first-order valence-corrected chi connectivity index (χ1v) is 9.75. The molecule has 1 spiro atoms. The monoisotopic (exact) mass is 328 g/mol. The van der Waals surface area contributed by atoms with Crippen LogP contribution in [-0.2, 0) is 11.2 Å². The number of piperidine rings is 1. The fourth-order valence-corrected chi connectivity index (χ4v) is 4.47. The highest BCUT2D eigenvalue weighted by atomic mass is 16.2. The Morgan fingerprint density at radius 2 is 1.88 bits per heavy atom. The summed E-state index contributed by atoms with van der Waals surface area (Å²) >= 11 is 0. The molecule has 0 radical (unpaired) electrons. The Bertz CT molecular complexity index is 532. The molecule has 1 unspecified atom stereocenters. The molecule has 1 saturated heterocycles. The van der Waals surface area contributed by atoms with Gasteiger partial charge in [-0.2, -0.15) is 0 Å². The van der Waals surface area contributed by atoms with Crippen molar-refractivity contribution in [3.05, 3.63) is 35.9 Å². The third-order valence-corrected chi connectivity index (χ3v) is 6.24. The van der Waals surface area contributed by atoms with E-state index in [2.05, 4.69) is 54.4 Å². The Balaban J connectivity index is 1.66. The minimum atomic E-state index is 0.288. The smallest absolute Gasteiger partial charge is 0.226 e. The van der Waals surface area contributed by atoms with Crippen molar-refractivity contribution in [3.8, 4) is 0 Å². The van der Waals surface area contributed by atoms with Gasteiger partial charge in [0.15, 0.2) is 0 Å². The van der Waals surface area contributed by atoms with Gasteiger partial charge < -0.3 is 10.2 Å². The summed E-state index contributed by atoms with van der Waals surface area (Å²) in [6.45, 7) is 7.45. The lowest BCUT2D eigenvalue weighted by Gasteiger charge is -2.32. The second-order valence-electron chi connectivity index (χ2n) is 7.61. The maximum absolute atomic E-state index is 13.3. The Morgan fingerprint density at radius 3 is 2.50 bits per heavy atom. The van der Waals surface area contributed by atoms with Gasteiger partial charge in [-0.25, -0.2) is 0 Å². The van der Waals surface area contributed by atoms with Gasteiger partial charge in [0.2, 0.25) is 5.91 Å². The number of amides is 1. The summed E-state index contributed by atoms with van der Waals surface area (Å²) in [7, 11) is 0. The quantitative estimate of drug-likeness (QED) is 0.829. The first-order valence-electron chi connectivity index (χ1n) is 9.75. The SMILES string of the molecule is CCC(CC)N(CCc1ccccc1)C(=O)C1CC12CCNCC2. The van der Waals surface area contributed by atoms with Crippen molar-refractivity contribution >= 4 is 5.91 Å². The van der Waals surface area contributed by atoms with Crippen molar-refractivity contribution in [1.29, 1.82) is 0 Å². The molecule has 1 heterocycles. The Hall–Kier alpha value is -1.35. The molecule has 1 aliphatic carbocycles. The Morgan fingerprint density at radius 1 is 1.21 bits per heavy atom. The van der Waals surface area contributed by atoms with Crippen LogP contribution in [0.25, 0.3) is 0 Å². The molecule has 3 rings (SSSR count). The predicted octanol–water partition coefficient (Wildman–Crippen LogP) is 3.64. The number of nitrogens with zero attached hydrogens (tertiary/aromatic N) is 1. The van der Waals surface area contributed by atoms with Crippen LogP contribution in [0.4, 0.5) is 0 Å². The van der Waals surface area contributed by atoms with E-state index >= 15 is 0 Å². The van der Waals surface area contributed by atoms with Crippen LogP contribution in [0.15, 0.2) is 30.3 Å². The van der Waals surface area contributed by atoms with E-state index in [4.69, 9.17) is 0 Å². The minimum Gasteiger partial charge on any atom is -0.339 e. The highest BCUT2D eigenvalue weighted by Crippen LogP contribution is 2.59. The molecule has 1 amide bonds. The van der Waals surface area contributed by atoms with Crippen LogP contribution < -0.4 is 5.32 Å². The van der Waals surface area contributed by atoms with Crippen molar-refractivity contribution in [2.45, 2.75) is 58.4 Å². The highest BCUT2D eigenvalue weighted by Gasteiger charge is 2.58. The minimum absolute atomic E-state index is 0.288. The molecule has 1 saturated carbocycles. The van der Waals surface area contributed by atoms with Crippen molar-refractivity contribution in [3.63, 3.8) is 0 Å². The molecule has 0 bridgehead atoms. The third-order valence-electron chi connectivity index (χ3n) is 6.24. The van der Waals surface area contributed by atoms with Crippen molar-refractivity contribution in [1.82, 2.24) is 10.2 Å². The predicted molar refractivity (Wildman–Crippen MR) is 98.9 cm³/mol. The molecule has 1 atom stereocenters. The molecule has 1 aromatic rings. The number of carbonyl (C=O) groups is 1. The van der Waals surface area contributed by atoms with E-state index in [9.17, 15) is 4.79 Å². The van der Waals surface area contributed by atoms with Crippen molar-refractivity contribution < 1.29 is 4.79 Å². The van der Waals surface area contributed by atoms with Gasteiger partial charge in [0.25, 0.3) is 0 Å². The number of benzene rings is 1. The summed E-state index contributed by atoms with van der Waals surface area (Å²) in [5.41, 5.74) is 1.66. The number of rotatable bonds is 7. The molecule has 3 nitrogen and oxygen atoms in total. The lowest BCUT2D eigenvalue weighted by Crippen LogP contribution is -2.43. The van der Waals surface area contributed by atoms with Gasteiger partial charge >= 0.3 is 0 Å². The van der Waals surface area contributed by atoms with Crippen LogP contribution in [0.3, 0.4) is 0 Å². The zero-order valence-corrected chi connectivity index (χ0v) is 15.3. The summed E-state index contributed by atoms with van der Waals surface area (Å²) in [5.74, 6) is 0.720. The molecule has 2 aliphatic rings. The van der Waals surface area contributed by atoms with E-state index in [0.29, 0.717) is 17.4 Å². The topological polar surface area (TPSA) is 32.3 Å². The lowest BCUT2D eigenvalue weighted by atomic mass is 9.91. The van der Waals surface area contributed by atoms with Crippen LogP contribution >= 0.6 is 0 Å². The van der Waals surface area contributed by atoms with E-state index in [0.717, 1.165) is 45.3 Å². The van der Waals surface area contributed by atoms with Gasteiger partial charge in [0.05, 0.1) is 0 Å². The number of hydrogen-bond donors (Lipinski definition) is 1. The average molecular weight is 329 g/mol. The summed E-state index contributed by atoms with van der Waals surface area (Å²) < 4.78 is 0. The van der Waals surface area contributed by atoms with E-state index in [1.165, 1.54) is 18.4 Å². The zero-order chi connectivity index (χ0) is 17.0. The molecule has 1 N–H and O–H groups in total. The van der Waals surface area contributed by atoms with E-state index < -0.39 is 0 Å². The van der Waals surface area contributed by atoms with E-state index in [1.54, 1.807) is 0 Å². The van der Waals surface area contributed by atoms with Crippen LogP contribution in [-0.4, -0.2) is 36.5 Å². The van der Waals surface area contributed by atoms with E-state index in [1.807, 2.05) is 0 Å². The molecule has 132 valence electrons. The second kappa shape index (κ2) is 7.69. The van der Waals surface area contributed by atoms with Crippen molar-refractivity contribution in [2.24, 2.45) is 11.3 Å². The molecular weight excluding hydrogens is 296 g/mol. The van der Waals surface area contributed by atoms with Crippen LogP contribution in [0, 0.1) is 11.3 Å². The molecule has 0 aromatic heterocycles. The van der Waals surface area contributed by atoms with Gasteiger partial charge in [0, 0.05) is 18.5 Å². The van der Waals surface area contributed by atoms with Gasteiger partial charge in [0.1, 0.15) is 0 Å². The van der Waals surface area contributed by atoms with Gasteiger partial charge in [-0.1, -0.05) is 44.2 Å². The molecule has 3 heteroatoms. The number of carbonyl (C=O) groups excluding carboxylic acids is 1. The van der Waals surface area contributed by atoms with Gasteiger partial charge in [-0.05, 0) is 62.6 Å². The molecule has 1 aromatic carbocycles. The standard InChI is InChI=1S/C21H32N2O/c1-3-18(4-2)23(15-10-17-8-6-5-7-9-17)20(24)19-16-21(19)11-13-22-14-12-21/h5-9,18-19,22H,3-4,10-16H2,1-2H3. The first-order chi connectivity index (χ1) is 11.7. The molecule has 24 heavy (non-hydrogen) atoms. The average Bonchev–Trinajstić information content (AvgIpc) is 3.32. The number of hydrogen-bond acceptors (Lipinski definition) is 2. The Labute approximate surface area is 146 Å². The van der Waals surface area contributed by atoms with Crippen LogP contribution in [0.1, 0.15) is 51.5 Å².